The lowest BCUT2D eigenvalue weighted by atomic mass is 9.44. The van der Waals surface area contributed by atoms with E-state index in [0.29, 0.717) is 0 Å². The number of Topliss-reactive ketones (excluding diaryl/α,β-unsaturated/α-hetero) is 1. The number of fused-ring (bicyclic) bond motifs is 5. The third kappa shape index (κ3) is 9.79. The van der Waals surface area contributed by atoms with Crippen molar-refractivity contribution in [2.45, 2.75) is 160 Å². The minimum Gasteiger partial charge on any atom is -0.455 e. The van der Waals surface area contributed by atoms with Gasteiger partial charge in [-0.15, -0.1) is 0 Å². The number of rotatable bonds is 14. The summed E-state index contributed by atoms with van der Waals surface area (Å²) >= 11 is 0. The second-order valence-electron chi connectivity index (χ2n) is 21.5. The van der Waals surface area contributed by atoms with Crippen LogP contribution in [0.5, 0.6) is 0 Å². The Morgan fingerprint density at radius 3 is 2.14 bits per heavy atom. The first-order valence-electron chi connectivity index (χ1n) is 24.4. The number of carbonyl (C=O) groups is 8. The first-order chi connectivity index (χ1) is 33.7. The molecule has 4 fully saturated rings. The highest BCUT2D eigenvalue weighted by atomic mass is 16.6. The molecule has 2 heterocycles. The molecule has 19 nitrogen and oxygen atoms in total. The second kappa shape index (κ2) is 20.1. The number of hydrogen-bond acceptors (Lipinski definition) is 17. The number of esters is 4. The number of benzene rings is 2. The summed E-state index contributed by atoms with van der Waals surface area (Å²) < 4.78 is 36.1. The van der Waals surface area contributed by atoms with Gasteiger partial charge < -0.3 is 49.1 Å². The van der Waals surface area contributed by atoms with Crippen LogP contribution in [0.25, 0.3) is 0 Å². The van der Waals surface area contributed by atoms with Gasteiger partial charge >= 0.3 is 30.0 Å². The van der Waals surface area contributed by atoms with Crippen LogP contribution in [0.4, 0.5) is 4.79 Å². The van der Waals surface area contributed by atoms with E-state index in [4.69, 9.17) is 28.4 Å². The molecular weight excluding hydrogens is 937 g/mol. The van der Waals surface area contributed by atoms with Gasteiger partial charge in [-0.25, -0.2) is 14.4 Å². The van der Waals surface area contributed by atoms with E-state index in [9.17, 15) is 44.1 Å². The van der Waals surface area contributed by atoms with Crippen LogP contribution in [0.3, 0.4) is 0 Å². The molecule has 19 heteroatoms. The van der Waals surface area contributed by atoms with Gasteiger partial charge in [-0.1, -0.05) is 69.3 Å². The van der Waals surface area contributed by atoms with Crippen LogP contribution in [0, 0.1) is 22.7 Å². The Hall–Kier alpha value is -6.02. The Labute approximate surface area is 417 Å². The van der Waals surface area contributed by atoms with Crippen LogP contribution >= 0.6 is 0 Å². The summed E-state index contributed by atoms with van der Waals surface area (Å²) in [5.41, 5.74) is -8.77. The Balaban J connectivity index is 1.31. The van der Waals surface area contributed by atoms with E-state index >= 15 is 9.59 Å². The molecule has 5 aliphatic rings. The average Bonchev–Trinajstić information content (AvgIpc) is 3.55. The van der Waals surface area contributed by atoms with Gasteiger partial charge in [0.2, 0.25) is 17.9 Å². The average molecular weight is 1000 g/mol. The van der Waals surface area contributed by atoms with Crippen molar-refractivity contribution in [2.24, 2.45) is 22.7 Å². The molecule has 2 aliphatic heterocycles. The molecule has 2 saturated heterocycles. The number of imide groups is 1. The molecule has 4 N–H and O–H groups in total. The summed E-state index contributed by atoms with van der Waals surface area (Å²) in [6.45, 7) is 13.3. The Kier molecular flexibility index (Phi) is 15.0. The van der Waals surface area contributed by atoms with Crippen LogP contribution in [-0.4, -0.2) is 134 Å². The molecule has 390 valence electrons. The summed E-state index contributed by atoms with van der Waals surface area (Å²) in [4.78, 5) is 111. The topological polar surface area (TPSA) is 268 Å². The predicted molar refractivity (Wildman–Crippen MR) is 252 cm³/mol. The number of nitrogens with zero attached hydrogens (tertiary/aromatic N) is 1. The number of amides is 3. The number of hydrogen-bond donors (Lipinski definition) is 4. The zero-order chi connectivity index (χ0) is 52.9. The van der Waals surface area contributed by atoms with Crippen molar-refractivity contribution in [3.63, 3.8) is 0 Å². The van der Waals surface area contributed by atoms with Crippen molar-refractivity contribution in [1.29, 1.82) is 0 Å². The smallest absolute Gasteiger partial charge is 0.408 e. The summed E-state index contributed by atoms with van der Waals surface area (Å²) in [6, 6.07) is 14.4. The standard InChI is InChI=1S/C53H66N2O17/c1-28-24-36(58)55(45(28)62)23-17-16-22-37(59)69-41(39(31-18-12-10-13-19-31)54-48(65)72-49(4,5)6)47(64)68-33-26-53(66)44(70-46(63)32-20-14-11-15-21-32)42-51(9,43(61)40(60)38(29(33)2)50(53,7)8)34(57)25-35-52(42,27-67-35)71-30(3)56/h10-15,18-21,28,33-35,39-42,44,57,60,66H,16-17,22-27H2,1-9H3,(H,54,65)/t28?,33-,34-,35?,39-,40+,41+,42?,44?,51?,52-,53+/m0/s1. The molecule has 0 spiro atoms. The van der Waals surface area contributed by atoms with Crippen molar-refractivity contribution >= 4 is 47.6 Å². The molecule has 0 radical (unpaired) electrons. The van der Waals surface area contributed by atoms with Crippen LogP contribution in [0.15, 0.2) is 71.8 Å². The van der Waals surface area contributed by atoms with Crippen LogP contribution in [0.2, 0.25) is 0 Å². The fraction of sp³-hybridized carbons (Fsp3) is 0.585. The molecule has 2 bridgehead atoms. The van der Waals surface area contributed by atoms with Crippen molar-refractivity contribution in [1.82, 2.24) is 10.2 Å². The van der Waals surface area contributed by atoms with Crippen molar-refractivity contribution in [3.05, 3.63) is 82.9 Å². The van der Waals surface area contributed by atoms with Gasteiger partial charge in [0.05, 0.1) is 29.6 Å². The summed E-state index contributed by atoms with van der Waals surface area (Å²) in [7, 11) is 0. The van der Waals surface area contributed by atoms with Gasteiger partial charge in [-0.3, -0.25) is 28.9 Å². The minimum absolute atomic E-state index is 0.0424. The maximum absolute atomic E-state index is 15.2. The summed E-state index contributed by atoms with van der Waals surface area (Å²) in [5, 5.41) is 40.9. The normalized spacial score (nSPS) is 31.6. The van der Waals surface area contributed by atoms with E-state index in [1.807, 2.05) is 0 Å². The molecule has 0 aromatic heterocycles. The number of aliphatic hydroxyl groups is 3. The first kappa shape index (κ1) is 53.8. The molecule has 2 aromatic carbocycles. The van der Waals surface area contributed by atoms with Gasteiger partial charge in [0.1, 0.15) is 41.7 Å². The zero-order valence-corrected chi connectivity index (χ0v) is 42.1. The number of nitrogens with one attached hydrogen (secondary N) is 1. The van der Waals surface area contributed by atoms with Crippen molar-refractivity contribution in [2.75, 3.05) is 13.2 Å². The van der Waals surface area contributed by atoms with Gasteiger partial charge in [-0.2, -0.15) is 0 Å². The highest BCUT2D eigenvalue weighted by molar-refractivity contribution is 6.03. The lowest BCUT2D eigenvalue weighted by Gasteiger charge is -2.67. The molecule has 2 aromatic rings. The lowest BCUT2D eigenvalue weighted by molar-refractivity contribution is -0.346. The van der Waals surface area contributed by atoms with Crippen LogP contribution in [-0.2, 0) is 57.2 Å². The Morgan fingerprint density at radius 1 is 0.931 bits per heavy atom. The van der Waals surface area contributed by atoms with Gasteiger partial charge in [-0.05, 0) is 76.3 Å². The van der Waals surface area contributed by atoms with Crippen molar-refractivity contribution < 1.29 is 82.1 Å². The largest absolute Gasteiger partial charge is 0.455 e. The quantitative estimate of drug-likeness (QED) is 0.0673. The zero-order valence-electron chi connectivity index (χ0n) is 42.1. The van der Waals surface area contributed by atoms with E-state index in [-0.39, 0.29) is 79.3 Å². The molecule has 3 amide bonds. The van der Waals surface area contributed by atoms with Crippen LogP contribution in [0.1, 0.15) is 123 Å². The Bertz CT molecular complexity index is 2500. The molecule has 72 heavy (non-hydrogen) atoms. The molecule has 7 rings (SSSR count). The van der Waals surface area contributed by atoms with Crippen molar-refractivity contribution in [3.8, 4) is 0 Å². The van der Waals surface area contributed by atoms with E-state index in [0.717, 1.165) is 11.8 Å². The molecular formula is C53H66N2O17. The second-order valence-corrected chi connectivity index (χ2v) is 21.5. The van der Waals surface area contributed by atoms with E-state index in [1.165, 1.54) is 39.8 Å². The summed E-state index contributed by atoms with van der Waals surface area (Å²) in [6.07, 6.45) is -11.8. The van der Waals surface area contributed by atoms with Gasteiger partial charge in [0, 0.05) is 50.5 Å². The minimum atomic E-state index is -2.45. The molecule has 3 aliphatic carbocycles. The van der Waals surface area contributed by atoms with E-state index in [2.05, 4.69) is 5.32 Å². The third-order valence-electron chi connectivity index (χ3n) is 15.3. The van der Waals surface area contributed by atoms with Crippen LogP contribution < -0.4 is 5.32 Å². The highest BCUT2D eigenvalue weighted by Gasteiger charge is 2.78. The van der Waals surface area contributed by atoms with E-state index < -0.39 is 124 Å². The fourth-order valence-electron chi connectivity index (χ4n) is 11.5. The first-order valence-corrected chi connectivity index (χ1v) is 24.4. The molecule has 5 unspecified atom stereocenters. The fourth-order valence-corrected chi connectivity index (χ4v) is 11.5. The number of unbranched alkanes of at least 4 members (excludes halogenated alkanes) is 1. The predicted octanol–water partition coefficient (Wildman–Crippen LogP) is 4.38. The number of aliphatic hydroxyl groups excluding tert-OH is 2. The third-order valence-corrected chi connectivity index (χ3v) is 15.3. The maximum Gasteiger partial charge on any atom is 0.408 e. The number of alkyl carbamates (subject to hydrolysis) is 1. The van der Waals surface area contributed by atoms with Gasteiger partial charge in [0.15, 0.2) is 11.4 Å². The Morgan fingerprint density at radius 2 is 1.57 bits per heavy atom. The number of ether oxygens (including phenoxy) is 6. The van der Waals surface area contributed by atoms with E-state index in [1.54, 1.807) is 76.2 Å². The lowest BCUT2D eigenvalue weighted by Crippen LogP contribution is -2.81. The number of carbonyl (C=O) groups excluding carboxylic acids is 8. The summed E-state index contributed by atoms with van der Waals surface area (Å²) in [5.74, 6) is -7.57. The SMILES string of the molecule is CC(=O)O[C@@]12COC1C[C@H](O)C1(C)C(=O)[C@H](O)C3=C(C)[C@@H](OC(=O)[C@H](OC(=O)CCCCN4C(=O)CC(C)C4=O)[C@@H](NC(=O)OC(C)(C)C)c4ccccc4)C[C@@](O)(C(OC(=O)c4ccccc4)C12)C3(C)C. The molecule has 12 atom stereocenters. The number of ketones is 1. The number of likely N-dealkylation sites (tertiary alicyclic amines) is 1. The molecule has 2 saturated carbocycles. The van der Waals surface area contributed by atoms with Gasteiger partial charge in [0.25, 0.3) is 0 Å². The highest BCUT2D eigenvalue weighted by Crippen LogP contribution is 2.64. The monoisotopic (exact) mass is 1000 g/mol. The maximum atomic E-state index is 15.2.